The van der Waals surface area contributed by atoms with E-state index in [1.54, 1.807) is 18.0 Å². The maximum absolute atomic E-state index is 11.7. The van der Waals surface area contributed by atoms with Crippen LogP contribution in [0.25, 0.3) is 0 Å². The number of allylic oxidation sites excluding steroid dienone is 1. The standard InChI is InChI=1S/C15H20N2OS/c1-19-14-8-4-7-13(11-14)17-15(18)16-10-9-12-5-2-3-6-12/h4,7-12H,2-3,5-6H2,1H3,(H2,16,17,18)/b10-9+. The number of nitrogens with one attached hydrogen (secondary N) is 2. The smallest absolute Gasteiger partial charge is 0.315 e. The zero-order chi connectivity index (χ0) is 13.5. The second-order valence-corrected chi connectivity index (χ2v) is 5.61. The highest BCUT2D eigenvalue weighted by molar-refractivity contribution is 7.98. The van der Waals surface area contributed by atoms with Crippen LogP contribution in [0, 0.1) is 5.92 Å². The number of anilines is 1. The largest absolute Gasteiger partial charge is 0.323 e. The van der Waals surface area contributed by atoms with Crippen molar-refractivity contribution in [2.45, 2.75) is 30.6 Å². The molecule has 102 valence electrons. The van der Waals surface area contributed by atoms with Crippen molar-refractivity contribution in [2.75, 3.05) is 11.6 Å². The van der Waals surface area contributed by atoms with Gasteiger partial charge in [-0.3, -0.25) is 0 Å². The first-order chi connectivity index (χ1) is 9.28. The maximum atomic E-state index is 11.7. The van der Waals surface area contributed by atoms with Gasteiger partial charge in [0.1, 0.15) is 0 Å². The molecule has 0 unspecified atom stereocenters. The molecule has 1 aliphatic carbocycles. The van der Waals surface area contributed by atoms with Gasteiger partial charge in [-0.2, -0.15) is 0 Å². The van der Waals surface area contributed by atoms with Gasteiger partial charge in [0.05, 0.1) is 0 Å². The minimum Gasteiger partial charge on any atom is -0.315 e. The van der Waals surface area contributed by atoms with Crippen molar-refractivity contribution < 1.29 is 4.79 Å². The highest BCUT2D eigenvalue weighted by Gasteiger charge is 2.11. The van der Waals surface area contributed by atoms with Gasteiger partial charge in [0, 0.05) is 16.8 Å². The monoisotopic (exact) mass is 276 g/mol. The Morgan fingerprint density at radius 3 is 2.89 bits per heavy atom. The SMILES string of the molecule is CSc1cccc(NC(=O)N/C=C/C2CCCC2)c1. The lowest BCUT2D eigenvalue weighted by Crippen LogP contribution is -2.23. The zero-order valence-corrected chi connectivity index (χ0v) is 12.0. The fourth-order valence-corrected chi connectivity index (χ4v) is 2.74. The molecule has 4 heteroatoms. The van der Waals surface area contributed by atoms with Gasteiger partial charge in [0.15, 0.2) is 0 Å². The van der Waals surface area contributed by atoms with Crippen molar-refractivity contribution >= 4 is 23.5 Å². The van der Waals surface area contributed by atoms with Crippen molar-refractivity contribution in [3.8, 4) is 0 Å². The Labute approximate surface area is 118 Å². The highest BCUT2D eigenvalue weighted by Crippen LogP contribution is 2.25. The van der Waals surface area contributed by atoms with Gasteiger partial charge in [-0.15, -0.1) is 11.8 Å². The molecule has 1 aliphatic rings. The van der Waals surface area contributed by atoms with E-state index in [-0.39, 0.29) is 6.03 Å². The highest BCUT2D eigenvalue weighted by atomic mass is 32.2. The number of hydrogen-bond donors (Lipinski definition) is 2. The van der Waals surface area contributed by atoms with Gasteiger partial charge in [0.25, 0.3) is 0 Å². The lowest BCUT2D eigenvalue weighted by atomic mass is 10.1. The van der Waals surface area contributed by atoms with Crippen molar-refractivity contribution in [1.82, 2.24) is 5.32 Å². The summed E-state index contributed by atoms with van der Waals surface area (Å²) in [6.07, 6.45) is 11.0. The number of carbonyl (C=O) groups is 1. The molecule has 0 spiro atoms. The molecule has 2 amide bonds. The van der Waals surface area contributed by atoms with E-state index in [1.807, 2.05) is 30.5 Å². The summed E-state index contributed by atoms with van der Waals surface area (Å²) in [5, 5.41) is 5.59. The minimum absolute atomic E-state index is 0.187. The van der Waals surface area contributed by atoms with Crippen LogP contribution in [0.15, 0.2) is 41.4 Å². The summed E-state index contributed by atoms with van der Waals surface area (Å²) in [6.45, 7) is 0. The van der Waals surface area contributed by atoms with Gasteiger partial charge in [-0.05, 0) is 43.2 Å². The molecule has 19 heavy (non-hydrogen) atoms. The molecule has 0 atom stereocenters. The van der Waals surface area contributed by atoms with Crippen LogP contribution in [0.2, 0.25) is 0 Å². The van der Waals surface area contributed by atoms with E-state index in [0.717, 1.165) is 10.6 Å². The molecule has 2 rings (SSSR count). The van der Waals surface area contributed by atoms with E-state index in [0.29, 0.717) is 5.92 Å². The maximum Gasteiger partial charge on any atom is 0.323 e. The number of benzene rings is 1. The van der Waals surface area contributed by atoms with Crippen molar-refractivity contribution in [2.24, 2.45) is 5.92 Å². The topological polar surface area (TPSA) is 41.1 Å². The molecule has 0 heterocycles. The normalized spacial score (nSPS) is 15.8. The number of amides is 2. The third-order valence-corrected chi connectivity index (χ3v) is 4.04. The summed E-state index contributed by atoms with van der Waals surface area (Å²) < 4.78 is 0. The van der Waals surface area contributed by atoms with Gasteiger partial charge in [-0.25, -0.2) is 4.79 Å². The molecule has 0 bridgehead atoms. The molecule has 1 aromatic rings. The summed E-state index contributed by atoms with van der Waals surface area (Å²) in [5.41, 5.74) is 0.818. The molecule has 0 aromatic heterocycles. The van der Waals surface area contributed by atoms with E-state index in [1.165, 1.54) is 25.7 Å². The molecule has 2 N–H and O–H groups in total. The van der Waals surface area contributed by atoms with E-state index in [9.17, 15) is 4.79 Å². The Kier molecular flexibility index (Phi) is 5.33. The summed E-state index contributed by atoms with van der Waals surface area (Å²) >= 11 is 1.66. The van der Waals surface area contributed by atoms with E-state index >= 15 is 0 Å². The van der Waals surface area contributed by atoms with E-state index < -0.39 is 0 Å². The molecule has 1 fully saturated rings. The molecular weight excluding hydrogens is 256 g/mol. The first-order valence-electron chi connectivity index (χ1n) is 6.66. The third-order valence-electron chi connectivity index (χ3n) is 3.31. The van der Waals surface area contributed by atoms with E-state index in [4.69, 9.17) is 0 Å². The fraction of sp³-hybridized carbons (Fsp3) is 0.400. The molecule has 0 radical (unpaired) electrons. The van der Waals surface area contributed by atoms with E-state index in [2.05, 4.69) is 16.7 Å². The van der Waals surface area contributed by atoms with Crippen LogP contribution in [-0.4, -0.2) is 12.3 Å². The molecule has 3 nitrogen and oxygen atoms in total. The zero-order valence-electron chi connectivity index (χ0n) is 11.2. The Hall–Kier alpha value is -1.42. The molecule has 0 saturated heterocycles. The Morgan fingerprint density at radius 2 is 2.16 bits per heavy atom. The van der Waals surface area contributed by atoms with Crippen molar-refractivity contribution in [3.63, 3.8) is 0 Å². The molecule has 1 saturated carbocycles. The van der Waals surface area contributed by atoms with Crippen LogP contribution < -0.4 is 10.6 Å². The summed E-state index contributed by atoms with van der Waals surface area (Å²) in [7, 11) is 0. The minimum atomic E-state index is -0.187. The first-order valence-corrected chi connectivity index (χ1v) is 7.88. The summed E-state index contributed by atoms with van der Waals surface area (Å²) in [5.74, 6) is 0.639. The number of urea groups is 1. The second kappa shape index (κ2) is 7.24. The summed E-state index contributed by atoms with van der Waals surface area (Å²) in [6, 6.07) is 7.63. The molecule has 0 aliphatic heterocycles. The van der Waals surface area contributed by atoms with Crippen molar-refractivity contribution in [1.29, 1.82) is 0 Å². The van der Waals surface area contributed by atoms with Crippen LogP contribution in [0.5, 0.6) is 0 Å². The average molecular weight is 276 g/mol. The van der Waals surface area contributed by atoms with Crippen LogP contribution in [0.1, 0.15) is 25.7 Å². The number of carbonyl (C=O) groups excluding carboxylic acids is 1. The van der Waals surface area contributed by atoms with Gasteiger partial charge >= 0.3 is 6.03 Å². The third kappa shape index (κ3) is 4.63. The Bertz CT molecular complexity index is 453. The quantitative estimate of drug-likeness (QED) is 0.808. The predicted molar refractivity (Wildman–Crippen MR) is 81.5 cm³/mol. The van der Waals surface area contributed by atoms with Crippen LogP contribution in [0.3, 0.4) is 0 Å². The number of hydrogen-bond acceptors (Lipinski definition) is 2. The van der Waals surface area contributed by atoms with Crippen LogP contribution in [-0.2, 0) is 0 Å². The van der Waals surface area contributed by atoms with Crippen LogP contribution >= 0.6 is 11.8 Å². The number of thioether (sulfide) groups is 1. The Balaban J connectivity index is 1.79. The van der Waals surface area contributed by atoms with Gasteiger partial charge in [-0.1, -0.05) is 25.0 Å². The predicted octanol–water partition coefficient (Wildman–Crippen LogP) is 4.23. The molecular formula is C15H20N2OS. The molecule has 1 aromatic carbocycles. The van der Waals surface area contributed by atoms with Gasteiger partial charge in [0.2, 0.25) is 0 Å². The second-order valence-electron chi connectivity index (χ2n) is 4.73. The fourth-order valence-electron chi connectivity index (χ4n) is 2.28. The van der Waals surface area contributed by atoms with Gasteiger partial charge < -0.3 is 10.6 Å². The first kappa shape index (κ1) is 14.0. The lowest BCUT2D eigenvalue weighted by Gasteiger charge is -2.06. The lowest BCUT2D eigenvalue weighted by molar-refractivity contribution is 0.255. The summed E-state index contributed by atoms with van der Waals surface area (Å²) in [4.78, 5) is 12.8. The van der Waals surface area contributed by atoms with Crippen molar-refractivity contribution in [3.05, 3.63) is 36.5 Å². The van der Waals surface area contributed by atoms with Crippen LogP contribution in [0.4, 0.5) is 10.5 Å². The average Bonchev–Trinajstić information content (AvgIpc) is 2.92. The number of rotatable bonds is 4. The Morgan fingerprint density at radius 1 is 1.37 bits per heavy atom.